The summed E-state index contributed by atoms with van der Waals surface area (Å²) in [6.07, 6.45) is -1.32. The number of hydrogen-bond donors (Lipinski definition) is 1. The Balaban J connectivity index is 1.58. The normalized spacial score (nSPS) is 15.7. The smallest absolute Gasteiger partial charge is 0.416 e. The second-order valence-corrected chi connectivity index (χ2v) is 9.32. The minimum absolute atomic E-state index is 0.0943. The van der Waals surface area contributed by atoms with Crippen molar-refractivity contribution in [2.45, 2.75) is 45.5 Å². The maximum atomic E-state index is 13.3. The minimum Gasteiger partial charge on any atom is -0.463 e. The van der Waals surface area contributed by atoms with E-state index in [4.69, 9.17) is 4.74 Å². The van der Waals surface area contributed by atoms with Crippen molar-refractivity contribution in [2.75, 3.05) is 6.61 Å². The van der Waals surface area contributed by atoms with Gasteiger partial charge in [-0.15, -0.1) is 0 Å². The zero-order chi connectivity index (χ0) is 28.9. The number of nitrogens with one attached hydrogen (secondary N) is 1. The van der Waals surface area contributed by atoms with Gasteiger partial charge in [-0.1, -0.05) is 30.3 Å². The second-order valence-electron chi connectivity index (χ2n) is 9.32. The fourth-order valence-electron chi connectivity index (χ4n) is 4.65. The van der Waals surface area contributed by atoms with Crippen LogP contribution >= 0.6 is 0 Å². The number of aromatic nitrogens is 1. The van der Waals surface area contributed by atoms with Gasteiger partial charge in [0.2, 0.25) is 5.91 Å². The molecule has 0 saturated heterocycles. The predicted octanol–water partition coefficient (Wildman–Crippen LogP) is 5.38. The highest BCUT2D eigenvalue weighted by Crippen LogP contribution is 2.39. The Morgan fingerprint density at radius 3 is 2.45 bits per heavy atom. The first-order valence-corrected chi connectivity index (χ1v) is 12.7. The van der Waals surface area contributed by atoms with Crippen LogP contribution in [0.4, 0.5) is 13.2 Å². The molecule has 7 nitrogen and oxygen atoms in total. The monoisotopic (exact) mass is 551 g/mol. The lowest BCUT2D eigenvalue weighted by Gasteiger charge is -2.34. The Kier molecular flexibility index (Phi) is 8.67. The van der Waals surface area contributed by atoms with Gasteiger partial charge in [-0.05, 0) is 60.9 Å². The zero-order valence-electron chi connectivity index (χ0n) is 22.0. The molecule has 1 aromatic heterocycles. The Morgan fingerprint density at radius 1 is 1.07 bits per heavy atom. The third kappa shape index (κ3) is 6.56. The summed E-state index contributed by atoms with van der Waals surface area (Å²) < 4.78 is 44.5. The fourth-order valence-corrected chi connectivity index (χ4v) is 4.65. The first kappa shape index (κ1) is 28.5. The van der Waals surface area contributed by atoms with E-state index in [-0.39, 0.29) is 37.0 Å². The quantitative estimate of drug-likeness (QED) is 0.380. The zero-order valence-corrected chi connectivity index (χ0v) is 22.0. The second kappa shape index (κ2) is 12.1. The Labute approximate surface area is 229 Å². The average Bonchev–Trinajstić information content (AvgIpc) is 2.94. The van der Waals surface area contributed by atoms with E-state index in [0.717, 1.165) is 17.7 Å². The molecule has 10 heteroatoms. The van der Waals surface area contributed by atoms with Crippen LogP contribution in [0.25, 0.3) is 0 Å². The van der Waals surface area contributed by atoms with Gasteiger partial charge in [0.25, 0.3) is 5.91 Å². The van der Waals surface area contributed by atoms with E-state index in [9.17, 15) is 27.6 Å². The molecule has 0 radical (unpaired) electrons. The number of benzene rings is 2. The number of rotatable bonds is 8. The molecular weight excluding hydrogens is 523 g/mol. The van der Waals surface area contributed by atoms with Crippen molar-refractivity contribution in [1.29, 1.82) is 0 Å². The van der Waals surface area contributed by atoms with Crippen molar-refractivity contribution < 1.29 is 32.3 Å². The van der Waals surface area contributed by atoms with E-state index in [1.165, 1.54) is 17.0 Å². The first-order chi connectivity index (χ1) is 19.1. The summed E-state index contributed by atoms with van der Waals surface area (Å²) in [5.41, 5.74) is 2.08. The summed E-state index contributed by atoms with van der Waals surface area (Å²) in [5, 5.41) is 2.84. The molecule has 0 spiro atoms. The third-order valence-electron chi connectivity index (χ3n) is 6.66. The number of hydrogen-bond acceptors (Lipinski definition) is 5. The molecule has 208 valence electrons. The number of alkyl halides is 3. The standard InChI is InChI=1S/C30H28F3N3O4/c1-3-40-29(39)27-19(2)36(26(37)15-25(27)22-9-11-24(12-10-22)30(31,32)33)18-20-6-4-8-23(14-20)28(38)35-17-21-7-5-13-34-16-21/h4-14,16,25H,3,15,17-18H2,1-2H3,(H,35,38). The predicted molar refractivity (Wildman–Crippen MR) is 141 cm³/mol. The van der Waals surface area contributed by atoms with Crippen molar-refractivity contribution in [3.63, 3.8) is 0 Å². The molecule has 0 fully saturated rings. The average molecular weight is 552 g/mol. The van der Waals surface area contributed by atoms with Gasteiger partial charge in [-0.2, -0.15) is 13.2 Å². The van der Waals surface area contributed by atoms with E-state index < -0.39 is 23.6 Å². The van der Waals surface area contributed by atoms with Gasteiger partial charge in [0.15, 0.2) is 0 Å². The van der Waals surface area contributed by atoms with Crippen molar-refractivity contribution in [3.05, 3.63) is 112 Å². The van der Waals surface area contributed by atoms with Gasteiger partial charge in [-0.3, -0.25) is 14.6 Å². The molecule has 0 bridgehead atoms. The van der Waals surface area contributed by atoms with E-state index in [2.05, 4.69) is 10.3 Å². The van der Waals surface area contributed by atoms with E-state index >= 15 is 0 Å². The van der Waals surface area contributed by atoms with Crippen molar-refractivity contribution >= 4 is 17.8 Å². The number of pyridine rings is 1. The van der Waals surface area contributed by atoms with Crippen LogP contribution in [0, 0.1) is 0 Å². The lowest BCUT2D eigenvalue weighted by molar-refractivity contribution is -0.140. The number of nitrogens with zero attached hydrogens (tertiary/aromatic N) is 2. The van der Waals surface area contributed by atoms with Crippen molar-refractivity contribution in [3.8, 4) is 0 Å². The molecule has 1 aliphatic heterocycles. The highest BCUT2D eigenvalue weighted by Gasteiger charge is 2.37. The fraction of sp³-hybridized carbons (Fsp3) is 0.267. The minimum atomic E-state index is -4.50. The van der Waals surface area contributed by atoms with E-state index in [1.54, 1.807) is 56.6 Å². The highest BCUT2D eigenvalue weighted by atomic mass is 19.4. The van der Waals surface area contributed by atoms with Gasteiger partial charge in [0, 0.05) is 42.5 Å². The number of carbonyl (C=O) groups is 3. The molecule has 1 unspecified atom stereocenters. The molecule has 1 N–H and O–H groups in total. The molecule has 1 atom stereocenters. The van der Waals surface area contributed by atoms with Crippen LogP contribution < -0.4 is 5.32 Å². The Hall–Kier alpha value is -4.47. The van der Waals surface area contributed by atoms with Crippen LogP contribution in [-0.2, 0) is 33.6 Å². The lowest BCUT2D eigenvalue weighted by atomic mass is 9.83. The molecule has 3 aromatic rings. The lowest BCUT2D eigenvalue weighted by Crippen LogP contribution is -2.38. The largest absolute Gasteiger partial charge is 0.463 e. The SMILES string of the molecule is CCOC(=O)C1=C(C)N(Cc2cccc(C(=O)NCc3cccnc3)c2)C(=O)CC1c1ccc(C(F)(F)F)cc1. The molecular formula is C30H28F3N3O4. The van der Waals surface area contributed by atoms with Gasteiger partial charge >= 0.3 is 12.1 Å². The van der Waals surface area contributed by atoms with Gasteiger partial charge in [0.1, 0.15) is 0 Å². The number of ether oxygens (including phenoxy) is 1. The summed E-state index contributed by atoms with van der Waals surface area (Å²) in [5.74, 6) is -1.99. The molecule has 40 heavy (non-hydrogen) atoms. The summed E-state index contributed by atoms with van der Waals surface area (Å²) in [6, 6.07) is 14.9. The molecule has 0 saturated carbocycles. The molecule has 1 aliphatic rings. The van der Waals surface area contributed by atoms with Gasteiger partial charge < -0.3 is 15.0 Å². The highest BCUT2D eigenvalue weighted by molar-refractivity contribution is 5.96. The molecule has 2 amide bonds. The summed E-state index contributed by atoms with van der Waals surface area (Å²) in [4.78, 5) is 44.5. The number of halogens is 3. The first-order valence-electron chi connectivity index (χ1n) is 12.7. The van der Waals surface area contributed by atoms with Crippen molar-refractivity contribution in [2.24, 2.45) is 0 Å². The Bertz CT molecular complexity index is 1420. The van der Waals surface area contributed by atoms with Crippen LogP contribution in [-0.4, -0.2) is 34.3 Å². The number of esters is 1. The van der Waals surface area contributed by atoms with Gasteiger partial charge in [0.05, 0.1) is 24.3 Å². The number of allylic oxidation sites excluding steroid dienone is 1. The Morgan fingerprint density at radius 2 is 1.80 bits per heavy atom. The van der Waals surface area contributed by atoms with Gasteiger partial charge in [-0.25, -0.2) is 4.79 Å². The molecule has 2 heterocycles. The molecule has 4 rings (SSSR count). The molecule has 2 aromatic carbocycles. The summed E-state index contributed by atoms with van der Waals surface area (Å²) in [7, 11) is 0. The molecule has 0 aliphatic carbocycles. The van der Waals surface area contributed by atoms with Crippen molar-refractivity contribution in [1.82, 2.24) is 15.2 Å². The summed E-state index contributed by atoms with van der Waals surface area (Å²) >= 11 is 0. The van der Waals surface area contributed by atoms with E-state index in [1.807, 2.05) is 6.07 Å². The van der Waals surface area contributed by atoms with Crippen LogP contribution in [0.3, 0.4) is 0 Å². The van der Waals surface area contributed by atoms with Crippen LogP contribution in [0.5, 0.6) is 0 Å². The maximum absolute atomic E-state index is 13.3. The van der Waals surface area contributed by atoms with Crippen LogP contribution in [0.1, 0.15) is 58.8 Å². The van der Waals surface area contributed by atoms with E-state index in [0.29, 0.717) is 28.9 Å². The number of amides is 2. The van der Waals surface area contributed by atoms with Crippen LogP contribution in [0.15, 0.2) is 84.3 Å². The summed E-state index contributed by atoms with van der Waals surface area (Å²) in [6.45, 7) is 3.76. The number of carbonyl (C=O) groups excluding carboxylic acids is 3. The third-order valence-corrected chi connectivity index (χ3v) is 6.66. The van der Waals surface area contributed by atoms with Crippen LogP contribution in [0.2, 0.25) is 0 Å². The topological polar surface area (TPSA) is 88.6 Å². The maximum Gasteiger partial charge on any atom is 0.416 e.